The maximum atomic E-state index is 5.79. The molecule has 2 N–H and O–H groups in total. The van der Waals surface area contributed by atoms with E-state index in [2.05, 4.69) is 6.92 Å². The van der Waals surface area contributed by atoms with Gasteiger partial charge in [-0.25, -0.2) is 0 Å². The molecule has 68 valence electrons. The van der Waals surface area contributed by atoms with Crippen LogP contribution in [0.1, 0.15) is 20.3 Å². The highest BCUT2D eigenvalue weighted by Gasteiger charge is 2.38. The van der Waals surface area contributed by atoms with E-state index in [4.69, 9.17) is 14.6 Å². The molecule has 4 heteroatoms. The van der Waals surface area contributed by atoms with Crippen LogP contribution in [0.4, 0.5) is 0 Å². The molecule has 0 bridgehead atoms. The molecule has 0 aliphatic carbocycles. The van der Waals surface area contributed by atoms with E-state index in [-0.39, 0.29) is 5.67 Å². The summed E-state index contributed by atoms with van der Waals surface area (Å²) in [6.07, 6.45) is 1.06. The minimum Gasteiger partial charge on any atom is -0.397 e. The highest BCUT2D eigenvalue weighted by atomic mass is 28.4. The fraction of sp³-hybridized carbons (Fsp3) is 1.00. The molecule has 0 aromatic heterocycles. The van der Waals surface area contributed by atoms with Gasteiger partial charge in [-0.15, -0.1) is 0 Å². The topological polar surface area (TPSA) is 44.5 Å². The quantitative estimate of drug-likeness (QED) is 0.638. The van der Waals surface area contributed by atoms with Crippen molar-refractivity contribution in [1.29, 1.82) is 0 Å². The monoisotopic (exact) mass is 177 g/mol. The summed E-state index contributed by atoms with van der Waals surface area (Å²) >= 11 is 0. The van der Waals surface area contributed by atoms with Gasteiger partial charge < -0.3 is 14.6 Å². The summed E-state index contributed by atoms with van der Waals surface area (Å²) in [6.45, 7) is 4.07. The smallest absolute Gasteiger partial charge is 0.354 e. The Hall–Kier alpha value is 0.0969. The van der Waals surface area contributed by atoms with Crippen LogP contribution in [0.5, 0.6) is 0 Å². The van der Waals surface area contributed by atoms with Crippen LogP contribution >= 0.6 is 0 Å². The molecule has 3 nitrogen and oxygen atoms in total. The summed E-state index contributed by atoms with van der Waals surface area (Å²) < 4.78 is 10.8. The number of hydrogen-bond donors (Lipinski definition) is 1. The van der Waals surface area contributed by atoms with E-state index in [1.165, 1.54) is 0 Å². The molecular weight excluding hydrogens is 158 g/mol. The van der Waals surface area contributed by atoms with Crippen LogP contribution in [-0.2, 0) is 8.85 Å². The third-order valence-corrected chi connectivity index (χ3v) is 5.95. The van der Waals surface area contributed by atoms with E-state index in [0.717, 1.165) is 12.5 Å². The first kappa shape index (κ1) is 11.1. The van der Waals surface area contributed by atoms with Crippen molar-refractivity contribution in [3.05, 3.63) is 0 Å². The zero-order valence-electron chi connectivity index (χ0n) is 7.89. The number of rotatable bonds is 5. The van der Waals surface area contributed by atoms with E-state index < -0.39 is 8.56 Å². The first-order valence-electron chi connectivity index (χ1n) is 3.98. The Morgan fingerprint density at radius 3 is 1.91 bits per heavy atom. The van der Waals surface area contributed by atoms with Crippen molar-refractivity contribution in [2.45, 2.75) is 32.0 Å². The van der Waals surface area contributed by atoms with Crippen LogP contribution in [0, 0.1) is 0 Å². The Morgan fingerprint density at radius 2 is 1.82 bits per heavy atom. The van der Waals surface area contributed by atoms with Crippen molar-refractivity contribution in [1.82, 2.24) is 0 Å². The molecule has 1 unspecified atom stereocenters. The van der Waals surface area contributed by atoms with E-state index in [1.54, 1.807) is 14.2 Å². The molecule has 0 aromatic rings. The maximum absolute atomic E-state index is 5.79. The summed E-state index contributed by atoms with van der Waals surface area (Å²) in [5.41, 5.74) is 5.83. The molecule has 0 fully saturated rings. The van der Waals surface area contributed by atoms with Crippen molar-refractivity contribution >= 4 is 8.56 Å². The number of nitrogens with two attached hydrogens (primary N) is 1. The largest absolute Gasteiger partial charge is 0.397 e. The summed E-state index contributed by atoms with van der Waals surface area (Å²) in [4.78, 5) is 0. The average molecular weight is 177 g/mol. The molecule has 0 aromatic carbocycles. The second-order valence-electron chi connectivity index (χ2n) is 2.76. The lowest BCUT2D eigenvalue weighted by molar-refractivity contribution is 0.231. The second-order valence-corrected chi connectivity index (χ2v) is 6.61. The van der Waals surface area contributed by atoms with Gasteiger partial charge in [0.15, 0.2) is 0 Å². The van der Waals surface area contributed by atoms with Gasteiger partial charge in [-0.05, 0) is 13.0 Å². The van der Waals surface area contributed by atoms with E-state index in [9.17, 15) is 0 Å². The molecular formula is C7H19NO2Si. The molecule has 0 saturated carbocycles. The van der Waals surface area contributed by atoms with Crippen LogP contribution < -0.4 is 5.73 Å². The number of hydrogen-bond acceptors (Lipinski definition) is 3. The Balaban J connectivity index is 4.20. The third kappa shape index (κ3) is 2.55. The first-order valence-corrected chi connectivity index (χ1v) is 6.09. The molecule has 0 heterocycles. The van der Waals surface area contributed by atoms with Crippen molar-refractivity contribution in [3.63, 3.8) is 0 Å². The van der Waals surface area contributed by atoms with Crippen molar-refractivity contribution in [3.8, 4) is 0 Å². The third-order valence-electron chi connectivity index (χ3n) is 1.98. The predicted molar refractivity (Wildman–Crippen MR) is 48.5 cm³/mol. The molecule has 0 rings (SSSR count). The molecule has 11 heavy (non-hydrogen) atoms. The lowest BCUT2D eigenvalue weighted by Gasteiger charge is -2.30. The minimum absolute atomic E-state index is 0.0393. The Bertz CT molecular complexity index is 105. The van der Waals surface area contributed by atoms with Gasteiger partial charge in [0.1, 0.15) is 0 Å². The van der Waals surface area contributed by atoms with Gasteiger partial charge in [0.05, 0.1) is 0 Å². The maximum Gasteiger partial charge on any atom is 0.354 e. The van der Waals surface area contributed by atoms with Crippen LogP contribution in [-0.4, -0.2) is 28.4 Å². The molecule has 0 saturated heterocycles. The van der Waals surface area contributed by atoms with Crippen molar-refractivity contribution < 1.29 is 8.85 Å². The van der Waals surface area contributed by atoms with Crippen LogP contribution in [0.25, 0.3) is 0 Å². The standard InChI is InChI=1S/C7H19NO2Si/c1-5-6-11(9-3,10-4)7(2)8/h7H,5-6,8H2,1-4H3. The Labute approximate surface area is 70.1 Å². The summed E-state index contributed by atoms with van der Waals surface area (Å²) in [7, 11) is 1.34. The normalized spacial score (nSPS) is 15.0. The van der Waals surface area contributed by atoms with Gasteiger partial charge in [-0.2, -0.15) is 0 Å². The summed E-state index contributed by atoms with van der Waals surface area (Å²) in [6, 6.07) is 0.970. The zero-order valence-corrected chi connectivity index (χ0v) is 8.89. The molecule has 1 atom stereocenters. The van der Waals surface area contributed by atoms with Gasteiger partial charge in [0, 0.05) is 19.9 Å². The van der Waals surface area contributed by atoms with Gasteiger partial charge in [0.2, 0.25) is 0 Å². The van der Waals surface area contributed by atoms with E-state index in [1.807, 2.05) is 6.92 Å². The molecule has 0 spiro atoms. The molecule has 0 amide bonds. The average Bonchev–Trinajstić information content (AvgIpc) is 2.00. The SMILES string of the molecule is CCC[Si](OC)(OC)C(C)N. The zero-order chi connectivity index (χ0) is 8.91. The van der Waals surface area contributed by atoms with Gasteiger partial charge >= 0.3 is 8.56 Å². The Morgan fingerprint density at radius 1 is 1.36 bits per heavy atom. The van der Waals surface area contributed by atoms with Crippen molar-refractivity contribution in [2.24, 2.45) is 5.73 Å². The Kier molecular flexibility index (Phi) is 4.91. The lowest BCUT2D eigenvalue weighted by Crippen LogP contribution is -2.54. The molecule has 0 aliphatic heterocycles. The molecule has 0 radical (unpaired) electrons. The van der Waals surface area contributed by atoms with Gasteiger partial charge in [-0.3, -0.25) is 0 Å². The predicted octanol–water partition coefficient (Wildman–Crippen LogP) is 1.02. The van der Waals surface area contributed by atoms with Crippen molar-refractivity contribution in [2.75, 3.05) is 14.2 Å². The van der Waals surface area contributed by atoms with Crippen LogP contribution in [0.2, 0.25) is 6.04 Å². The fourth-order valence-electron chi connectivity index (χ4n) is 1.24. The first-order chi connectivity index (χ1) is 5.13. The van der Waals surface area contributed by atoms with Gasteiger partial charge in [0.25, 0.3) is 0 Å². The van der Waals surface area contributed by atoms with Crippen LogP contribution in [0.15, 0.2) is 0 Å². The highest BCUT2D eigenvalue weighted by molar-refractivity contribution is 6.68. The van der Waals surface area contributed by atoms with E-state index >= 15 is 0 Å². The van der Waals surface area contributed by atoms with E-state index in [0.29, 0.717) is 0 Å². The van der Waals surface area contributed by atoms with Crippen LogP contribution in [0.3, 0.4) is 0 Å². The minimum atomic E-state index is -2.04. The highest BCUT2D eigenvalue weighted by Crippen LogP contribution is 2.16. The summed E-state index contributed by atoms with van der Waals surface area (Å²) in [5.74, 6) is 0. The second kappa shape index (κ2) is 4.87. The fourth-order valence-corrected chi connectivity index (χ4v) is 3.71. The summed E-state index contributed by atoms with van der Waals surface area (Å²) in [5, 5.41) is 0. The van der Waals surface area contributed by atoms with Gasteiger partial charge in [-0.1, -0.05) is 13.3 Å². The molecule has 0 aliphatic rings. The lowest BCUT2D eigenvalue weighted by atomic mass is 10.6.